The van der Waals surface area contributed by atoms with E-state index in [1.54, 1.807) is 16.2 Å². The number of amides is 2. The molecular formula is C22H26ClN3O2S. The zero-order valence-electron chi connectivity index (χ0n) is 16.4. The van der Waals surface area contributed by atoms with Gasteiger partial charge in [0, 0.05) is 50.6 Å². The first-order valence-electron chi connectivity index (χ1n) is 10.2. The minimum atomic E-state index is -0.508. The average Bonchev–Trinajstić information content (AvgIpc) is 3.15. The van der Waals surface area contributed by atoms with Crippen LogP contribution in [-0.4, -0.2) is 59.2 Å². The minimum absolute atomic E-state index is 0.0465. The molecule has 5 nitrogen and oxygen atoms in total. The Morgan fingerprint density at radius 2 is 1.76 bits per heavy atom. The van der Waals surface area contributed by atoms with Crippen LogP contribution >= 0.6 is 22.9 Å². The molecule has 7 heteroatoms. The fourth-order valence-corrected chi connectivity index (χ4v) is 5.28. The van der Waals surface area contributed by atoms with Gasteiger partial charge >= 0.3 is 0 Å². The summed E-state index contributed by atoms with van der Waals surface area (Å²) in [6.45, 7) is 4.55. The number of piperidine rings is 1. The molecule has 2 amide bonds. The van der Waals surface area contributed by atoms with Gasteiger partial charge in [0.2, 0.25) is 11.8 Å². The van der Waals surface area contributed by atoms with E-state index < -0.39 is 6.04 Å². The van der Waals surface area contributed by atoms with Crippen molar-refractivity contribution in [2.45, 2.75) is 31.8 Å². The lowest BCUT2D eigenvalue weighted by Gasteiger charge is -2.40. The molecule has 3 heterocycles. The van der Waals surface area contributed by atoms with Crippen molar-refractivity contribution in [1.29, 1.82) is 0 Å². The number of likely N-dealkylation sites (tertiary alicyclic amines) is 1. The molecule has 0 saturated carbocycles. The molecule has 154 valence electrons. The predicted molar refractivity (Wildman–Crippen MR) is 116 cm³/mol. The van der Waals surface area contributed by atoms with Crippen LogP contribution in [0.5, 0.6) is 0 Å². The minimum Gasteiger partial charge on any atom is -0.338 e. The first-order valence-corrected chi connectivity index (χ1v) is 11.4. The summed E-state index contributed by atoms with van der Waals surface area (Å²) in [5.41, 5.74) is 0.906. The van der Waals surface area contributed by atoms with E-state index in [2.05, 4.69) is 11.0 Å². The zero-order valence-corrected chi connectivity index (χ0v) is 18.0. The molecule has 0 aliphatic carbocycles. The second kappa shape index (κ2) is 9.28. The van der Waals surface area contributed by atoms with Crippen molar-refractivity contribution in [3.63, 3.8) is 0 Å². The highest BCUT2D eigenvalue weighted by Gasteiger charge is 2.36. The lowest BCUT2D eigenvalue weighted by molar-refractivity contribution is -0.148. The maximum absolute atomic E-state index is 13.5. The third-order valence-corrected chi connectivity index (χ3v) is 6.93. The first-order chi connectivity index (χ1) is 14.1. The summed E-state index contributed by atoms with van der Waals surface area (Å²) in [4.78, 5) is 33.4. The molecule has 0 spiro atoms. The first kappa shape index (κ1) is 20.4. The molecule has 29 heavy (non-hydrogen) atoms. The molecular weight excluding hydrogens is 406 g/mol. The molecule has 0 N–H and O–H groups in total. The van der Waals surface area contributed by atoms with Gasteiger partial charge < -0.3 is 9.80 Å². The van der Waals surface area contributed by atoms with Gasteiger partial charge in [-0.25, -0.2) is 0 Å². The quantitative estimate of drug-likeness (QED) is 0.723. The van der Waals surface area contributed by atoms with Crippen molar-refractivity contribution < 1.29 is 9.59 Å². The lowest BCUT2D eigenvalue weighted by atomic mass is 9.99. The standard InChI is InChI=1S/C22H26ClN3O2S/c23-19-10-9-18(29-19)16-24-12-14-25(15-13-24)22(28)21(17-6-2-1-3-7-17)26-11-5-4-8-20(26)27/h1-3,6-7,9-10,21H,4-5,8,11-16H2. The monoisotopic (exact) mass is 431 g/mol. The van der Waals surface area contributed by atoms with Gasteiger partial charge in [-0.2, -0.15) is 0 Å². The number of benzene rings is 1. The van der Waals surface area contributed by atoms with Crippen LogP contribution in [0.1, 0.15) is 35.7 Å². The van der Waals surface area contributed by atoms with Crippen LogP contribution in [-0.2, 0) is 16.1 Å². The van der Waals surface area contributed by atoms with Gasteiger partial charge in [0.1, 0.15) is 6.04 Å². The Morgan fingerprint density at radius 1 is 1.00 bits per heavy atom. The van der Waals surface area contributed by atoms with E-state index in [1.165, 1.54) is 4.88 Å². The summed E-state index contributed by atoms with van der Waals surface area (Å²) in [6, 6.07) is 13.2. The molecule has 4 rings (SSSR count). The molecule has 0 bridgehead atoms. The number of piperazine rings is 1. The molecule has 1 aromatic heterocycles. The van der Waals surface area contributed by atoms with Crippen molar-refractivity contribution in [2.24, 2.45) is 0 Å². The molecule has 1 aromatic carbocycles. The molecule has 1 atom stereocenters. The van der Waals surface area contributed by atoms with Gasteiger partial charge in [-0.1, -0.05) is 41.9 Å². The lowest BCUT2D eigenvalue weighted by Crippen LogP contribution is -2.53. The number of nitrogens with zero attached hydrogens (tertiary/aromatic N) is 3. The Kier molecular flexibility index (Phi) is 6.53. The Balaban J connectivity index is 1.44. The van der Waals surface area contributed by atoms with Crippen LogP contribution in [0.2, 0.25) is 4.34 Å². The Morgan fingerprint density at radius 3 is 2.41 bits per heavy atom. The highest BCUT2D eigenvalue weighted by atomic mass is 35.5. The van der Waals surface area contributed by atoms with E-state index in [0.717, 1.165) is 42.4 Å². The number of hydrogen-bond acceptors (Lipinski definition) is 4. The van der Waals surface area contributed by atoms with Gasteiger partial charge in [-0.3, -0.25) is 14.5 Å². The SMILES string of the molecule is O=C(C(c1ccccc1)N1CCCCC1=O)N1CCN(Cc2ccc(Cl)s2)CC1. The third kappa shape index (κ3) is 4.82. The van der Waals surface area contributed by atoms with E-state index in [-0.39, 0.29) is 11.8 Å². The van der Waals surface area contributed by atoms with E-state index in [0.29, 0.717) is 26.1 Å². The van der Waals surface area contributed by atoms with Crippen molar-refractivity contribution >= 4 is 34.8 Å². The number of carbonyl (C=O) groups is 2. The summed E-state index contributed by atoms with van der Waals surface area (Å²) in [5, 5.41) is 0. The third-order valence-electron chi connectivity index (χ3n) is 5.71. The van der Waals surface area contributed by atoms with Crippen LogP contribution in [0.25, 0.3) is 0 Å². The molecule has 2 fully saturated rings. The molecule has 0 radical (unpaired) electrons. The van der Waals surface area contributed by atoms with Crippen molar-refractivity contribution in [3.05, 3.63) is 57.2 Å². The van der Waals surface area contributed by atoms with E-state index >= 15 is 0 Å². The fourth-order valence-electron chi connectivity index (χ4n) is 4.15. The van der Waals surface area contributed by atoms with Gasteiger partial charge in [0.15, 0.2) is 0 Å². The van der Waals surface area contributed by atoms with Crippen LogP contribution < -0.4 is 0 Å². The second-order valence-electron chi connectivity index (χ2n) is 7.66. The number of thiophene rings is 1. The van der Waals surface area contributed by atoms with Crippen molar-refractivity contribution in [3.8, 4) is 0 Å². The summed E-state index contributed by atoms with van der Waals surface area (Å²) < 4.78 is 0.811. The summed E-state index contributed by atoms with van der Waals surface area (Å²) >= 11 is 7.65. The highest BCUT2D eigenvalue weighted by molar-refractivity contribution is 7.16. The van der Waals surface area contributed by atoms with Gasteiger partial charge in [-0.05, 0) is 30.5 Å². The van der Waals surface area contributed by atoms with Crippen LogP contribution in [0.15, 0.2) is 42.5 Å². The molecule has 2 aliphatic rings. The van der Waals surface area contributed by atoms with Crippen molar-refractivity contribution in [2.75, 3.05) is 32.7 Å². The largest absolute Gasteiger partial charge is 0.338 e. The number of carbonyl (C=O) groups excluding carboxylic acids is 2. The molecule has 2 aromatic rings. The van der Waals surface area contributed by atoms with Crippen LogP contribution in [0, 0.1) is 0 Å². The molecule has 2 aliphatic heterocycles. The second-order valence-corrected chi connectivity index (χ2v) is 9.46. The highest BCUT2D eigenvalue weighted by Crippen LogP contribution is 2.28. The summed E-state index contributed by atoms with van der Waals surface area (Å²) in [5.74, 6) is 0.136. The zero-order chi connectivity index (χ0) is 20.2. The number of hydrogen-bond donors (Lipinski definition) is 0. The summed E-state index contributed by atoms with van der Waals surface area (Å²) in [7, 11) is 0. The maximum Gasteiger partial charge on any atom is 0.250 e. The number of halogens is 1. The summed E-state index contributed by atoms with van der Waals surface area (Å²) in [6.07, 6.45) is 2.41. The normalized spacial score (nSPS) is 19.4. The van der Waals surface area contributed by atoms with Crippen LogP contribution in [0.4, 0.5) is 0 Å². The van der Waals surface area contributed by atoms with E-state index in [9.17, 15) is 9.59 Å². The van der Waals surface area contributed by atoms with Crippen LogP contribution in [0.3, 0.4) is 0 Å². The fraction of sp³-hybridized carbons (Fsp3) is 0.455. The maximum atomic E-state index is 13.5. The van der Waals surface area contributed by atoms with Gasteiger partial charge in [0.05, 0.1) is 4.34 Å². The van der Waals surface area contributed by atoms with Gasteiger partial charge in [0.25, 0.3) is 0 Å². The average molecular weight is 432 g/mol. The molecule has 2 saturated heterocycles. The van der Waals surface area contributed by atoms with E-state index in [1.807, 2.05) is 41.3 Å². The van der Waals surface area contributed by atoms with Gasteiger partial charge in [-0.15, -0.1) is 11.3 Å². The Hall–Kier alpha value is -1.89. The predicted octanol–water partition coefficient (Wildman–Crippen LogP) is 3.80. The number of rotatable bonds is 5. The Bertz CT molecular complexity index is 849. The topological polar surface area (TPSA) is 43.9 Å². The smallest absolute Gasteiger partial charge is 0.250 e. The Labute approximate surface area is 180 Å². The van der Waals surface area contributed by atoms with Crippen molar-refractivity contribution in [1.82, 2.24) is 14.7 Å². The molecule has 1 unspecified atom stereocenters. The van der Waals surface area contributed by atoms with E-state index in [4.69, 9.17) is 11.6 Å².